The zero-order chi connectivity index (χ0) is 11.4. The van der Waals surface area contributed by atoms with Crippen molar-refractivity contribution < 1.29 is 14.6 Å². The van der Waals surface area contributed by atoms with Crippen LogP contribution in [0.15, 0.2) is 18.2 Å². The lowest BCUT2D eigenvalue weighted by atomic mass is 10.1. The van der Waals surface area contributed by atoms with E-state index in [-0.39, 0.29) is 11.8 Å². The average molecular weight is 213 g/mol. The van der Waals surface area contributed by atoms with E-state index in [1.807, 2.05) is 6.92 Å². The van der Waals surface area contributed by atoms with Crippen LogP contribution in [0.5, 0.6) is 5.75 Å². The quantitative estimate of drug-likeness (QED) is 0.711. The fourth-order valence-corrected chi connectivity index (χ4v) is 1.34. The Morgan fingerprint density at radius 2 is 2.07 bits per heavy atom. The molecule has 0 aliphatic rings. The van der Waals surface area contributed by atoms with Crippen LogP contribution in [0.25, 0.3) is 0 Å². The van der Waals surface area contributed by atoms with Gasteiger partial charge in [-0.2, -0.15) is 0 Å². The lowest BCUT2D eigenvalue weighted by molar-refractivity contribution is 0.187. The maximum absolute atomic E-state index is 12.7. The molecule has 0 aliphatic heterocycles. The van der Waals surface area contributed by atoms with Crippen molar-refractivity contribution in [2.45, 2.75) is 26.0 Å². The third-order valence-corrected chi connectivity index (χ3v) is 2.18. The molecule has 3 nitrogen and oxygen atoms in total. The van der Waals surface area contributed by atoms with Crippen molar-refractivity contribution in [3.63, 3.8) is 0 Å². The Morgan fingerprint density at radius 3 is 2.60 bits per heavy atom. The Kier molecular flexibility index (Phi) is 4.05. The van der Waals surface area contributed by atoms with Crippen LogP contribution in [0, 0.1) is 5.82 Å². The third-order valence-electron chi connectivity index (χ3n) is 2.18. The van der Waals surface area contributed by atoms with Crippen molar-refractivity contribution in [3.8, 4) is 5.75 Å². The standard InChI is InChI=1S/C11H16FNO2/c1-7(14)6-13-8(2)10-4-3-9(12)5-11(10)15/h3-5,7-8,13-15H,6H2,1-2H3/t7-,8?/m1/s1. The fraction of sp³-hybridized carbons (Fsp3) is 0.455. The van der Waals surface area contributed by atoms with Crippen LogP contribution in [0.4, 0.5) is 4.39 Å². The Hall–Kier alpha value is -1.13. The number of nitrogens with one attached hydrogen (secondary N) is 1. The molecule has 0 saturated carbocycles. The smallest absolute Gasteiger partial charge is 0.126 e. The highest BCUT2D eigenvalue weighted by atomic mass is 19.1. The molecule has 0 aromatic heterocycles. The van der Waals surface area contributed by atoms with Gasteiger partial charge in [-0.3, -0.25) is 0 Å². The van der Waals surface area contributed by atoms with Gasteiger partial charge in [0.25, 0.3) is 0 Å². The lowest BCUT2D eigenvalue weighted by Crippen LogP contribution is -2.27. The van der Waals surface area contributed by atoms with Crippen LogP contribution >= 0.6 is 0 Å². The van der Waals surface area contributed by atoms with Crippen molar-refractivity contribution in [2.24, 2.45) is 0 Å². The summed E-state index contributed by atoms with van der Waals surface area (Å²) in [5.74, 6) is -0.528. The van der Waals surface area contributed by atoms with Gasteiger partial charge in [0.05, 0.1) is 6.10 Å². The summed E-state index contributed by atoms with van der Waals surface area (Å²) in [5, 5.41) is 21.6. The number of rotatable bonds is 4. The highest BCUT2D eigenvalue weighted by Crippen LogP contribution is 2.24. The number of hydrogen-bond acceptors (Lipinski definition) is 3. The van der Waals surface area contributed by atoms with E-state index < -0.39 is 11.9 Å². The van der Waals surface area contributed by atoms with Gasteiger partial charge >= 0.3 is 0 Å². The van der Waals surface area contributed by atoms with Gasteiger partial charge in [0.2, 0.25) is 0 Å². The number of halogens is 1. The molecule has 1 unspecified atom stereocenters. The Bertz CT molecular complexity index is 328. The van der Waals surface area contributed by atoms with E-state index in [0.29, 0.717) is 12.1 Å². The zero-order valence-electron chi connectivity index (χ0n) is 8.87. The first-order chi connectivity index (χ1) is 7.00. The molecule has 84 valence electrons. The maximum Gasteiger partial charge on any atom is 0.126 e. The van der Waals surface area contributed by atoms with Gasteiger partial charge in [-0.1, -0.05) is 6.07 Å². The van der Waals surface area contributed by atoms with E-state index in [1.54, 1.807) is 6.92 Å². The molecule has 1 aromatic rings. The summed E-state index contributed by atoms with van der Waals surface area (Å²) >= 11 is 0. The summed E-state index contributed by atoms with van der Waals surface area (Å²) in [6.07, 6.45) is -0.449. The molecule has 15 heavy (non-hydrogen) atoms. The summed E-state index contributed by atoms with van der Waals surface area (Å²) in [6, 6.07) is 3.79. The highest BCUT2D eigenvalue weighted by Gasteiger charge is 2.10. The fourth-order valence-electron chi connectivity index (χ4n) is 1.34. The molecule has 0 fully saturated rings. The number of phenols is 1. The van der Waals surface area contributed by atoms with Crippen LogP contribution in [0.3, 0.4) is 0 Å². The molecular formula is C11H16FNO2. The predicted octanol–water partition coefficient (Wildman–Crippen LogP) is 1.56. The van der Waals surface area contributed by atoms with Crippen LogP contribution in [-0.4, -0.2) is 22.9 Å². The zero-order valence-corrected chi connectivity index (χ0v) is 8.87. The first-order valence-corrected chi connectivity index (χ1v) is 4.90. The van der Waals surface area contributed by atoms with Gasteiger partial charge in [0, 0.05) is 24.2 Å². The highest BCUT2D eigenvalue weighted by molar-refractivity contribution is 5.34. The van der Waals surface area contributed by atoms with Crippen molar-refractivity contribution >= 4 is 0 Å². The van der Waals surface area contributed by atoms with Crippen LogP contribution < -0.4 is 5.32 Å². The molecule has 0 spiro atoms. The van der Waals surface area contributed by atoms with E-state index in [9.17, 15) is 9.50 Å². The van der Waals surface area contributed by atoms with Crippen LogP contribution in [-0.2, 0) is 0 Å². The normalized spacial score (nSPS) is 14.9. The topological polar surface area (TPSA) is 52.5 Å². The maximum atomic E-state index is 12.7. The molecule has 0 saturated heterocycles. The molecule has 0 aliphatic carbocycles. The van der Waals surface area contributed by atoms with E-state index in [2.05, 4.69) is 5.32 Å². The van der Waals surface area contributed by atoms with Crippen molar-refractivity contribution in [2.75, 3.05) is 6.54 Å². The molecule has 3 N–H and O–H groups in total. The van der Waals surface area contributed by atoms with Gasteiger partial charge in [0.1, 0.15) is 11.6 Å². The van der Waals surface area contributed by atoms with E-state index >= 15 is 0 Å². The Morgan fingerprint density at radius 1 is 1.40 bits per heavy atom. The van der Waals surface area contributed by atoms with Gasteiger partial charge in [-0.05, 0) is 19.9 Å². The molecule has 2 atom stereocenters. The molecule has 1 rings (SSSR count). The van der Waals surface area contributed by atoms with Crippen molar-refractivity contribution in [1.82, 2.24) is 5.32 Å². The minimum atomic E-state index is -0.459. The molecule has 0 amide bonds. The third kappa shape index (κ3) is 3.49. The number of phenolic OH excluding ortho intramolecular Hbond substituents is 1. The second-order valence-electron chi connectivity index (χ2n) is 3.68. The summed E-state index contributed by atoms with van der Waals surface area (Å²) in [6.45, 7) is 3.94. The van der Waals surface area contributed by atoms with E-state index in [4.69, 9.17) is 5.11 Å². The summed E-state index contributed by atoms with van der Waals surface area (Å²) in [4.78, 5) is 0. The van der Waals surface area contributed by atoms with E-state index in [0.717, 1.165) is 6.07 Å². The molecule has 4 heteroatoms. The number of aliphatic hydroxyl groups excluding tert-OH is 1. The van der Waals surface area contributed by atoms with Crippen molar-refractivity contribution in [1.29, 1.82) is 0 Å². The Labute approximate surface area is 88.6 Å². The number of aromatic hydroxyl groups is 1. The monoisotopic (exact) mass is 213 g/mol. The van der Waals surface area contributed by atoms with Crippen LogP contribution in [0.2, 0.25) is 0 Å². The summed E-state index contributed by atoms with van der Waals surface area (Å²) < 4.78 is 12.7. The molecule has 0 bridgehead atoms. The minimum Gasteiger partial charge on any atom is -0.508 e. The molecular weight excluding hydrogens is 197 g/mol. The van der Waals surface area contributed by atoms with Crippen molar-refractivity contribution in [3.05, 3.63) is 29.6 Å². The SMILES string of the molecule is CC(NC[C@@H](C)O)c1ccc(F)cc1O. The largest absolute Gasteiger partial charge is 0.508 e. The van der Waals surface area contributed by atoms with Gasteiger partial charge < -0.3 is 15.5 Å². The summed E-state index contributed by atoms with van der Waals surface area (Å²) in [5.41, 5.74) is 0.622. The predicted molar refractivity (Wildman–Crippen MR) is 56.2 cm³/mol. The average Bonchev–Trinajstić information content (AvgIpc) is 2.14. The second kappa shape index (κ2) is 5.09. The lowest BCUT2D eigenvalue weighted by Gasteiger charge is -2.16. The minimum absolute atomic E-state index is 0.0689. The van der Waals surface area contributed by atoms with Gasteiger partial charge in [-0.15, -0.1) is 0 Å². The first kappa shape index (κ1) is 11.9. The molecule has 0 radical (unpaired) electrons. The Balaban J connectivity index is 2.69. The van der Waals surface area contributed by atoms with Gasteiger partial charge in [0.15, 0.2) is 0 Å². The number of aliphatic hydroxyl groups is 1. The van der Waals surface area contributed by atoms with Crippen LogP contribution in [0.1, 0.15) is 25.5 Å². The molecule has 1 aromatic carbocycles. The summed E-state index contributed by atoms with van der Waals surface area (Å²) in [7, 11) is 0. The first-order valence-electron chi connectivity index (χ1n) is 4.90. The number of hydrogen-bond donors (Lipinski definition) is 3. The number of benzene rings is 1. The molecule has 0 heterocycles. The van der Waals surface area contributed by atoms with E-state index in [1.165, 1.54) is 12.1 Å². The van der Waals surface area contributed by atoms with Gasteiger partial charge in [-0.25, -0.2) is 4.39 Å². The second-order valence-corrected chi connectivity index (χ2v) is 3.68.